The summed E-state index contributed by atoms with van der Waals surface area (Å²) in [6.45, 7) is 1.75. The van der Waals surface area contributed by atoms with Gasteiger partial charge in [0, 0.05) is 0 Å². The Kier molecular flexibility index (Phi) is 5.11. The maximum atomic E-state index is 13.5. The van der Waals surface area contributed by atoms with Crippen LogP contribution >= 0.6 is 0 Å². The summed E-state index contributed by atoms with van der Waals surface area (Å²) in [5.74, 6) is 0.270. The maximum absolute atomic E-state index is 13.5. The van der Waals surface area contributed by atoms with Gasteiger partial charge in [-0.2, -0.15) is 20.5 Å². The molecule has 1 atom stereocenters. The molecule has 2 aromatic carbocycles. The molecule has 10 heteroatoms. The molecule has 4 rings (SSSR count). The van der Waals surface area contributed by atoms with Crippen molar-refractivity contribution in [1.29, 1.82) is 10.5 Å². The van der Waals surface area contributed by atoms with Gasteiger partial charge in [0.1, 0.15) is 29.3 Å². The Morgan fingerprint density at radius 1 is 1.00 bits per heavy atom. The number of anilines is 3. The molecule has 2 heterocycles. The smallest absolute Gasteiger partial charge is 0.266 e. The number of nitrogens with zero attached hydrogens (tertiary/aromatic N) is 6. The summed E-state index contributed by atoms with van der Waals surface area (Å²) >= 11 is 0. The highest BCUT2D eigenvalue weighted by Crippen LogP contribution is 2.25. The Labute approximate surface area is 182 Å². The molecular weight excluding hydrogens is 406 g/mol. The number of rotatable bonds is 4. The summed E-state index contributed by atoms with van der Waals surface area (Å²) in [4.78, 5) is 26.0. The molecule has 0 radical (unpaired) electrons. The van der Waals surface area contributed by atoms with Gasteiger partial charge in [-0.05, 0) is 31.2 Å². The Balaban J connectivity index is 1.97. The van der Waals surface area contributed by atoms with Crippen molar-refractivity contribution in [3.63, 3.8) is 0 Å². The number of benzene rings is 2. The third-order valence-electron chi connectivity index (χ3n) is 4.87. The SMILES string of the molecule is CC(Nc1nc(N)nc(N)c1C#N)c1nc2c(C#N)cccc2c(=O)n1-c1ccccc1. The van der Waals surface area contributed by atoms with Crippen molar-refractivity contribution in [3.05, 3.63) is 75.8 Å². The molecule has 0 aliphatic rings. The van der Waals surface area contributed by atoms with E-state index in [0.717, 1.165) is 0 Å². The minimum Gasteiger partial charge on any atom is -0.382 e. The lowest BCUT2D eigenvalue weighted by molar-refractivity contribution is 0.730. The largest absolute Gasteiger partial charge is 0.382 e. The number of hydrogen-bond donors (Lipinski definition) is 3. The zero-order valence-electron chi connectivity index (χ0n) is 16.9. The highest BCUT2D eigenvalue weighted by Gasteiger charge is 2.21. The first-order valence-electron chi connectivity index (χ1n) is 9.55. The molecular formula is C22H17N9O. The molecule has 32 heavy (non-hydrogen) atoms. The average molecular weight is 423 g/mol. The van der Waals surface area contributed by atoms with Crippen LogP contribution in [0, 0.1) is 22.7 Å². The zero-order valence-corrected chi connectivity index (χ0v) is 16.9. The first kappa shape index (κ1) is 20.3. The predicted molar refractivity (Wildman–Crippen MR) is 120 cm³/mol. The van der Waals surface area contributed by atoms with Crippen LogP contribution in [0.3, 0.4) is 0 Å². The molecule has 0 saturated carbocycles. The van der Waals surface area contributed by atoms with Crippen molar-refractivity contribution in [1.82, 2.24) is 19.5 Å². The fraction of sp³-hybridized carbons (Fsp3) is 0.0909. The van der Waals surface area contributed by atoms with Crippen molar-refractivity contribution >= 4 is 28.5 Å². The second-order valence-electron chi connectivity index (χ2n) is 6.93. The number of aromatic nitrogens is 4. The molecule has 4 aromatic rings. The first-order valence-corrected chi connectivity index (χ1v) is 9.55. The topological polar surface area (TPSA) is 172 Å². The van der Waals surface area contributed by atoms with E-state index in [4.69, 9.17) is 11.5 Å². The van der Waals surface area contributed by atoms with E-state index in [-0.39, 0.29) is 39.8 Å². The minimum absolute atomic E-state index is 0.0261. The monoisotopic (exact) mass is 423 g/mol. The van der Waals surface area contributed by atoms with Crippen LogP contribution < -0.4 is 22.3 Å². The number of para-hydroxylation sites is 2. The molecule has 0 aliphatic carbocycles. The highest BCUT2D eigenvalue weighted by atomic mass is 16.1. The number of fused-ring (bicyclic) bond motifs is 1. The van der Waals surface area contributed by atoms with E-state index >= 15 is 0 Å². The van der Waals surface area contributed by atoms with Gasteiger partial charge < -0.3 is 16.8 Å². The molecule has 2 aromatic heterocycles. The summed E-state index contributed by atoms with van der Waals surface area (Å²) in [6, 6.07) is 17.3. The molecule has 10 nitrogen and oxygen atoms in total. The van der Waals surface area contributed by atoms with Crippen LogP contribution in [0.4, 0.5) is 17.6 Å². The first-order chi connectivity index (χ1) is 15.4. The van der Waals surface area contributed by atoms with Crippen molar-refractivity contribution in [2.45, 2.75) is 13.0 Å². The van der Waals surface area contributed by atoms with E-state index in [2.05, 4.69) is 26.3 Å². The van der Waals surface area contributed by atoms with Crippen LogP contribution in [0.1, 0.15) is 29.9 Å². The van der Waals surface area contributed by atoms with Gasteiger partial charge >= 0.3 is 0 Å². The van der Waals surface area contributed by atoms with Crippen molar-refractivity contribution in [2.24, 2.45) is 0 Å². The van der Waals surface area contributed by atoms with E-state index in [0.29, 0.717) is 16.9 Å². The van der Waals surface area contributed by atoms with Crippen LogP contribution in [0.25, 0.3) is 16.6 Å². The summed E-state index contributed by atoms with van der Waals surface area (Å²) in [6.07, 6.45) is 0. The molecule has 5 N–H and O–H groups in total. The van der Waals surface area contributed by atoms with E-state index in [9.17, 15) is 15.3 Å². The number of nitriles is 2. The lowest BCUT2D eigenvalue weighted by Gasteiger charge is -2.21. The quantitative estimate of drug-likeness (QED) is 0.445. The zero-order chi connectivity index (χ0) is 22.8. The molecule has 0 fully saturated rings. The second-order valence-corrected chi connectivity index (χ2v) is 6.93. The van der Waals surface area contributed by atoms with Gasteiger partial charge in [0.25, 0.3) is 5.56 Å². The lowest BCUT2D eigenvalue weighted by Crippen LogP contribution is -2.28. The van der Waals surface area contributed by atoms with E-state index < -0.39 is 6.04 Å². The van der Waals surface area contributed by atoms with Gasteiger partial charge in [0.2, 0.25) is 5.95 Å². The van der Waals surface area contributed by atoms with Gasteiger partial charge in [-0.1, -0.05) is 24.3 Å². The van der Waals surface area contributed by atoms with E-state index in [1.165, 1.54) is 4.57 Å². The number of nitrogens with two attached hydrogens (primary N) is 2. The fourth-order valence-corrected chi connectivity index (χ4v) is 3.41. The van der Waals surface area contributed by atoms with Crippen molar-refractivity contribution in [2.75, 3.05) is 16.8 Å². The van der Waals surface area contributed by atoms with Crippen molar-refractivity contribution in [3.8, 4) is 17.8 Å². The Morgan fingerprint density at radius 2 is 1.75 bits per heavy atom. The molecule has 0 amide bonds. The van der Waals surface area contributed by atoms with Gasteiger partial charge in [-0.25, -0.2) is 4.98 Å². The Bertz CT molecular complexity index is 1480. The molecule has 156 valence electrons. The lowest BCUT2D eigenvalue weighted by atomic mass is 10.1. The van der Waals surface area contributed by atoms with Gasteiger partial charge in [0.05, 0.1) is 28.2 Å². The number of hydrogen-bond acceptors (Lipinski definition) is 9. The van der Waals surface area contributed by atoms with E-state index in [1.807, 2.05) is 12.1 Å². The third-order valence-corrected chi connectivity index (χ3v) is 4.87. The summed E-state index contributed by atoms with van der Waals surface area (Å²) in [5, 5.41) is 22.4. The van der Waals surface area contributed by atoms with Crippen LogP contribution in [0.2, 0.25) is 0 Å². The molecule has 0 saturated heterocycles. The molecule has 0 spiro atoms. The average Bonchev–Trinajstić information content (AvgIpc) is 2.79. The Hall–Kier alpha value is -4.96. The van der Waals surface area contributed by atoms with Crippen LogP contribution in [-0.2, 0) is 0 Å². The molecule has 1 unspecified atom stereocenters. The van der Waals surface area contributed by atoms with E-state index in [1.54, 1.807) is 49.4 Å². The Morgan fingerprint density at radius 3 is 2.44 bits per heavy atom. The second kappa shape index (κ2) is 8.05. The van der Waals surface area contributed by atoms with Gasteiger partial charge in [-0.15, -0.1) is 0 Å². The fourth-order valence-electron chi connectivity index (χ4n) is 3.41. The standard InChI is InChI=1S/C22H17N9O/c1-12(27-19-16(11-24)18(25)29-22(26)30-19)20-28-17-13(10-23)6-5-9-15(17)21(32)31(20)14-7-3-2-4-8-14/h2-9,12H,1H3,(H5,25,26,27,29,30). The predicted octanol–water partition coefficient (Wildman–Crippen LogP) is 2.26. The number of nitrogen functional groups attached to an aromatic ring is 2. The minimum atomic E-state index is -0.625. The summed E-state index contributed by atoms with van der Waals surface area (Å²) in [5.41, 5.74) is 12.4. The van der Waals surface area contributed by atoms with Crippen LogP contribution in [-0.4, -0.2) is 19.5 Å². The normalized spacial score (nSPS) is 11.5. The number of nitrogens with one attached hydrogen (secondary N) is 1. The van der Waals surface area contributed by atoms with Gasteiger partial charge in [-0.3, -0.25) is 9.36 Å². The van der Waals surface area contributed by atoms with Gasteiger partial charge in [0.15, 0.2) is 5.82 Å². The van der Waals surface area contributed by atoms with Crippen LogP contribution in [0.15, 0.2) is 53.3 Å². The van der Waals surface area contributed by atoms with Crippen LogP contribution in [0.5, 0.6) is 0 Å². The highest BCUT2D eigenvalue weighted by molar-refractivity contribution is 5.83. The summed E-state index contributed by atoms with van der Waals surface area (Å²) in [7, 11) is 0. The maximum Gasteiger partial charge on any atom is 0.266 e. The van der Waals surface area contributed by atoms with Crippen molar-refractivity contribution < 1.29 is 0 Å². The summed E-state index contributed by atoms with van der Waals surface area (Å²) < 4.78 is 1.46. The molecule has 0 bridgehead atoms. The third kappa shape index (κ3) is 3.42. The molecule has 0 aliphatic heterocycles.